The van der Waals surface area contributed by atoms with Crippen molar-refractivity contribution in [1.82, 2.24) is 9.55 Å². The molecule has 4 heteroatoms. The van der Waals surface area contributed by atoms with Crippen LogP contribution in [0.25, 0.3) is 0 Å². The number of aliphatic hydroxyl groups is 1. The maximum Gasteiger partial charge on any atom is 0.0952 e. The van der Waals surface area contributed by atoms with Crippen molar-refractivity contribution >= 4 is 0 Å². The molecule has 1 aromatic rings. The molecule has 0 aromatic carbocycles. The van der Waals surface area contributed by atoms with Crippen LogP contribution in [0.2, 0.25) is 0 Å². The lowest BCUT2D eigenvalue weighted by Crippen LogP contribution is -2.21. The van der Waals surface area contributed by atoms with Crippen molar-refractivity contribution < 1.29 is 9.84 Å². The molecule has 0 spiro atoms. The predicted molar refractivity (Wildman–Crippen MR) is 51.8 cm³/mol. The van der Waals surface area contributed by atoms with E-state index in [-0.39, 0.29) is 18.8 Å². The molecule has 1 aliphatic heterocycles. The van der Waals surface area contributed by atoms with Crippen molar-refractivity contribution in [2.45, 2.75) is 38.5 Å². The lowest BCUT2D eigenvalue weighted by atomic mass is 10.1. The normalized spacial score (nSPS) is 24.0. The summed E-state index contributed by atoms with van der Waals surface area (Å²) in [5.41, 5.74) is 0.855. The number of rotatable bonds is 3. The molecule has 2 heterocycles. The van der Waals surface area contributed by atoms with Crippen LogP contribution in [0.1, 0.15) is 31.5 Å². The van der Waals surface area contributed by atoms with Crippen LogP contribution in [0.4, 0.5) is 0 Å². The van der Waals surface area contributed by atoms with Crippen LogP contribution in [0.3, 0.4) is 0 Å². The molecule has 0 saturated carbocycles. The first-order chi connectivity index (χ1) is 6.83. The summed E-state index contributed by atoms with van der Waals surface area (Å²) in [6.07, 6.45) is 5.97. The van der Waals surface area contributed by atoms with Crippen LogP contribution in [0.15, 0.2) is 12.5 Å². The lowest BCUT2D eigenvalue weighted by molar-refractivity contribution is 0.0710. The Morgan fingerprint density at radius 1 is 1.79 bits per heavy atom. The average molecular weight is 196 g/mol. The van der Waals surface area contributed by atoms with Gasteiger partial charge in [0.2, 0.25) is 0 Å². The second kappa shape index (κ2) is 4.11. The third kappa shape index (κ3) is 1.67. The molecule has 0 amide bonds. The van der Waals surface area contributed by atoms with Gasteiger partial charge in [0.25, 0.3) is 0 Å². The van der Waals surface area contributed by atoms with Crippen molar-refractivity contribution in [3.05, 3.63) is 18.2 Å². The summed E-state index contributed by atoms with van der Waals surface area (Å²) in [5, 5.41) is 9.10. The van der Waals surface area contributed by atoms with Gasteiger partial charge in [0, 0.05) is 6.61 Å². The number of aliphatic hydroxyl groups excluding tert-OH is 1. The minimum Gasteiger partial charge on any atom is -0.390 e. The van der Waals surface area contributed by atoms with E-state index in [0.717, 1.165) is 25.1 Å². The zero-order valence-electron chi connectivity index (χ0n) is 8.39. The molecule has 0 aliphatic carbocycles. The van der Waals surface area contributed by atoms with E-state index in [4.69, 9.17) is 9.84 Å². The van der Waals surface area contributed by atoms with Gasteiger partial charge >= 0.3 is 0 Å². The molecule has 2 rings (SSSR count). The molecule has 78 valence electrons. The molecule has 1 saturated heterocycles. The molecule has 1 aliphatic rings. The van der Waals surface area contributed by atoms with E-state index in [0.29, 0.717) is 0 Å². The van der Waals surface area contributed by atoms with Gasteiger partial charge in [-0.2, -0.15) is 0 Å². The maximum atomic E-state index is 9.10. The summed E-state index contributed by atoms with van der Waals surface area (Å²) in [4.78, 5) is 4.03. The fraction of sp³-hybridized carbons (Fsp3) is 0.700. The quantitative estimate of drug-likeness (QED) is 0.788. The van der Waals surface area contributed by atoms with Crippen molar-refractivity contribution in [2.24, 2.45) is 0 Å². The zero-order chi connectivity index (χ0) is 9.97. The summed E-state index contributed by atoms with van der Waals surface area (Å²) >= 11 is 0. The minimum atomic E-state index is 0.0388. The topological polar surface area (TPSA) is 47.3 Å². The van der Waals surface area contributed by atoms with E-state index in [1.807, 2.05) is 4.57 Å². The van der Waals surface area contributed by atoms with Gasteiger partial charge < -0.3 is 14.4 Å². The van der Waals surface area contributed by atoms with Crippen LogP contribution in [0.5, 0.6) is 0 Å². The van der Waals surface area contributed by atoms with Crippen molar-refractivity contribution in [3.63, 3.8) is 0 Å². The van der Waals surface area contributed by atoms with E-state index in [9.17, 15) is 0 Å². The summed E-state index contributed by atoms with van der Waals surface area (Å²) in [5.74, 6) is 0. The Morgan fingerprint density at radius 3 is 3.29 bits per heavy atom. The Kier molecular flexibility index (Phi) is 2.84. The minimum absolute atomic E-state index is 0.0388. The summed E-state index contributed by atoms with van der Waals surface area (Å²) in [6, 6.07) is 0.266. The van der Waals surface area contributed by atoms with Crippen LogP contribution in [-0.2, 0) is 11.3 Å². The average Bonchev–Trinajstić information content (AvgIpc) is 2.87. The number of aromatic nitrogens is 2. The Balaban J connectivity index is 2.12. The summed E-state index contributed by atoms with van der Waals surface area (Å²) in [6.45, 7) is 3.01. The molecule has 14 heavy (non-hydrogen) atoms. The number of nitrogens with zero attached hydrogens (tertiary/aromatic N) is 2. The van der Waals surface area contributed by atoms with Gasteiger partial charge in [0.05, 0.1) is 37.0 Å². The highest BCUT2D eigenvalue weighted by Gasteiger charge is 2.24. The highest BCUT2D eigenvalue weighted by atomic mass is 16.5. The highest BCUT2D eigenvalue weighted by Crippen LogP contribution is 2.24. The van der Waals surface area contributed by atoms with Crippen LogP contribution in [0, 0.1) is 0 Å². The van der Waals surface area contributed by atoms with Gasteiger partial charge in [0.1, 0.15) is 0 Å². The molecule has 1 aromatic heterocycles. The van der Waals surface area contributed by atoms with Crippen molar-refractivity contribution in [3.8, 4) is 0 Å². The van der Waals surface area contributed by atoms with Gasteiger partial charge in [-0.05, 0) is 19.8 Å². The fourth-order valence-corrected chi connectivity index (χ4v) is 1.98. The molecule has 2 atom stereocenters. The van der Waals surface area contributed by atoms with E-state index in [2.05, 4.69) is 11.9 Å². The molecule has 0 bridgehead atoms. The van der Waals surface area contributed by atoms with Gasteiger partial charge in [0.15, 0.2) is 0 Å². The van der Waals surface area contributed by atoms with Crippen molar-refractivity contribution in [2.75, 3.05) is 6.61 Å². The Morgan fingerprint density at radius 2 is 2.64 bits per heavy atom. The number of imidazole rings is 1. The Bertz CT molecular complexity index is 292. The molecule has 2 unspecified atom stereocenters. The maximum absolute atomic E-state index is 9.10. The summed E-state index contributed by atoms with van der Waals surface area (Å²) in [7, 11) is 0. The second-order valence-electron chi connectivity index (χ2n) is 3.74. The summed E-state index contributed by atoms with van der Waals surface area (Å²) < 4.78 is 7.60. The Hall–Kier alpha value is -0.870. The van der Waals surface area contributed by atoms with Gasteiger partial charge in [-0.1, -0.05) is 0 Å². The second-order valence-corrected chi connectivity index (χ2v) is 3.74. The zero-order valence-corrected chi connectivity index (χ0v) is 8.39. The third-order valence-corrected chi connectivity index (χ3v) is 2.85. The van der Waals surface area contributed by atoms with E-state index in [1.54, 1.807) is 12.5 Å². The molecule has 1 fully saturated rings. The van der Waals surface area contributed by atoms with E-state index >= 15 is 0 Å². The lowest BCUT2D eigenvalue weighted by Gasteiger charge is -2.21. The first-order valence-corrected chi connectivity index (χ1v) is 5.06. The standard InChI is InChI=1S/C10H16N2O2/c1-8(10-3-2-4-14-10)12-7-11-5-9(12)6-13/h5,7-8,10,13H,2-4,6H2,1H3. The Labute approximate surface area is 83.5 Å². The highest BCUT2D eigenvalue weighted by molar-refractivity contribution is 4.99. The largest absolute Gasteiger partial charge is 0.390 e. The third-order valence-electron chi connectivity index (χ3n) is 2.85. The molecular formula is C10H16N2O2. The van der Waals surface area contributed by atoms with Crippen molar-refractivity contribution in [1.29, 1.82) is 0 Å². The number of hydrogen-bond acceptors (Lipinski definition) is 3. The number of ether oxygens (including phenoxy) is 1. The smallest absolute Gasteiger partial charge is 0.0952 e. The van der Waals surface area contributed by atoms with Gasteiger partial charge in [-0.3, -0.25) is 0 Å². The van der Waals surface area contributed by atoms with E-state index < -0.39 is 0 Å². The molecule has 1 N–H and O–H groups in total. The fourth-order valence-electron chi connectivity index (χ4n) is 1.98. The number of hydrogen-bond donors (Lipinski definition) is 1. The molecule has 0 radical (unpaired) electrons. The van der Waals surface area contributed by atoms with Crippen LogP contribution in [-0.4, -0.2) is 27.4 Å². The van der Waals surface area contributed by atoms with Crippen LogP contribution < -0.4 is 0 Å². The van der Waals surface area contributed by atoms with E-state index in [1.165, 1.54) is 0 Å². The van der Waals surface area contributed by atoms with Gasteiger partial charge in [-0.25, -0.2) is 4.98 Å². The SMILES string of the molecule is CC(C1CCCO1)n1cncc1CO. The molecular weight excluding hydrogens is 180 g/mol. The van der Waals surface area contributed by atoms with Gasteiger partial charge in [-0.15, -0.1) is 0 Å². The van der Waals surface area contributed by atoms with Crippen LogP contribution >= 0.6 is 0 Å². The predicted octanol–water partition coefficient (Wildman–Crippen LogP) is 1.12. The molecule has 4 nitrogen and oxygen atoms in total. The first kappa shape index (κ1) is 9.68. The monoisotopic (exact) mass is 196 g/mol. The first-order valence-electron chi connectivity index (χ1n) is 5.06.